The number of nitrogens with zero attached hydrogens (tertiary/aromatic N) is 1. The molecule has 1 fully saturated rings. The molecule has 0 aromatic heterocycles. The number of ether oxygens (including phenoxy) is 3. The zero-order chi connectivity index (χ0) is 32.5. The van der Waals surface area contributed by atoms with Gasteiger partial charge in [0, 0.05) is 18.5 Å². The van der Waals surface area contributed by atoms with Gasteiger partial charge in [0.25, 0.3) is 0 Å². The van der Waals surface area contributed by atoms with Gasteiger partial charge in [0.15, 0.2) is 0 Å². The first kappa shape index (κ1) is 36.5. The number of primary amides is 1. The molecule has 1 saturated heterocycles. The number of hydrogen-bond acceptors (Lipinski definition) is 11. The summed E-state index contributed by atoms with van der Waals surface area (Å²) in [5, 5.41) is 7.44. The molecule has 1 heterocycles. The number of amides is 6. The van der Waals surface area contributed by atoms with Crippen molar-refractivity contribution < 1.29 is 43.0 Å². The number of benzene rings is 1. The number of imide groups is 1. The second-order valence-corrected chi connectivity index (χ2v) is 10.6. The fourth-order valence-corrected chi connectivity index (χ4v) is 4.34. The molecule has 6 amide bonds. The lowest BCUT2D eigenvalue weighted by Gasteiger charge is -2.21. The first-order chi connectivity index (χ1) is 21.0. The van der Waals surface area contributed by atoms with Crippen LogP contribution in [0.5, 0.6) is 0 Å². The Labute approximate surface area is 261 Å². The van der Waals surface area contributed by atoms with E-state index >= 15 is 0 Å². The summed E-state index contributed by atoms with van der Waals surface area (Å²) in [7, 11) is 0. The van der Waals surface area contributed by atoms with E-state index in [4.69, 9.17) is 25.7 Å². The van der Waals surface area contributed by atoms with E-state index in [0.717, 1.165) is 4.90 Å². The van der Waals surface area contributed by atoms with Crippen LogP contribution >= 0.6 is 12.6 Å². The molecular weight excluding hydrogens is 596 g/mol. The Kier molecular flexibility index (Phi) is 16.2. The Morgan fingerprint density at radius 3 is 2.30 bits per heavy atom. The number of rotatable bonds is 20. The second kappa shape index (κ2) is 19.5. The van der Waals surface area contributed by atoms with Gasteiger partial charge in [-0.2, -0.15) is 12.6 Å². The minimum Gasteiger partial charge on any atom is -0.445 e. The Balaban J connectivity index is 1.70. The zero-order valence-electron chi connectivity index (χ0n) is 24.8. The lowest BCUT2D eigenvalue weighted by molar-refractivity contribution is -0.139. The molecule has 1 unspecified atom stereocenters. The molecule has 0 radical (unpaired) electrons. The van der Waals surface area contributed by atoms with Gasteiger partial charge in [-0.15, -0.1) is 0 Å². The second-order valence-electron chi connectivity index (χ2n) is 10.0. The third-order valence-corrected chi connectivity index (χ3v) is 6.88. The summed E-state index contributed by atoms with van der Waals surface area (Å²) >= 11 is 4.06. The maximum atomic E-state index is 13.0. The lowest BCUT2D eigenvalue weighted by atomic mass is 10.1. The zero-order valence-corrected chi connectivity index (χ0v) is 25.6. The van der Waals surface area contributed by atoms with Crippen molar-refractivity contribution in [2.75, 3.05) is 44.8 Å². The largest absolute Gasteiger partial charge is 0.445 e. The van der Waals surface area contributed by atoms with E-state index in [1.54, 1.807) is 24.3 Å². The Hall–Kier alpha value is -3.73. The van der Waals surface area contributed by atoms with Crippen molar-refractivity contribution >= 4 is 53.9 Å². The molecule has 1 aromatic rings. The monoisotopic (exact) mass is 638 g/mol. The molecule has 244 valence electrons. The van der Waals surface area contributed by atoms with Crippen LogP contribution in [0.25, 0.3) is 0 Å². The normalized spacial score (nSPS) is 15.9. The molecule has 16 heteroatoms. The fourth-order valence-electron chi connectivity index (χ4n) is 4.05. The number of carbonyl (C=O) groups is 6. The van der Waals surface area contributed by atoms with Gasteiger partial charge < -0.3 is 41.6 Å². The predicted molar refractivity (Wildman–Crippen MR) is 162 cm³/mol. The van der Waals surface area contributed by atoms with E-state index in [2.05, 4.69) is 28.6 Å². The number of likely N-dealkylation sites (tertiary alicyclic amines) is 1. The standard InChI is InChI=1S/C28H42N6O9S/c1-18(31-23(35)9-12-41-14-15-42-13-11-34-24(36)16-22(44)27(34)39)25(37)33-21(4-2-3-10-29)26(38)32-20-7-5-19(6-8-20)17-43-28(30)40/h5-8,18,21-22,44H,2-4,9-17,29H2,1H3,(H2,30,40)(H,31,35)(H,32,38)(H,33,37)/t18-,21-,22?/m0/s1. The summed E-state index contributed by atoms with van der Waals surface area (Å²) in [6.45, 7) is 2.76. The molecule has 3 atom stereocenters. The van der Waals surface area contributed by atoms with Gasteiger partial charge in [-0.1, -0.05) is 12.1 Å². The third-order valence-electron chi connectivity index (χ3n) is 6.48. The predicted octanol–water partition coefficient (Wildman–Crippen LogP) is -0.180. The maximum absolute atomic E-state index is 13.0. The summed E-state index contributed by atoms with van der Waals surface area (Å²) < 4.78 is 15.5. The van der Waals surface area contributed by atoms with Gasteiger partial charge in [0.05, 0.1) is 38.2 Å². The number of anilines is 1. The number of nitrogens with two attached hydrogens (primary N) is 2. The van der Waals surface area contributed by atoms with Crippen molar-refractivity contribution in [1.82, 2.24) is 15.5 Å². The smallest absolute Gasteiger partial charge is 0.404 e. The van der Waals surface area contributed by atoms with Crippen LogP contribution in [-0.2, 0) is 44.8 Å². The Bertz CT molecular complexity index is 1140. The molecule has 0 aliphatic carbocycles. The van der Waals surface area contributed by atoms with Gasteiger partial charge in [-0.25, -0.2) is 4.79 Å². The summed E-state index contributed by atoms with van der Waals surface area (Å²) in [4.78, 5) is 73.5. The van der Waals surface area contributed by atoms with Crippen molar-refractivity contribution in [3.63, 3.8) is 0 Å². The van der Waals surface area contributed by atoms with Gasteiger partial charge in [-0.05, 0) is 50.4 Å². The van der Waals surface area contributed by atoms with Crippen molar-refractivity contribution in [3.8, 4) is 0 Å². The number of carbonyl (C=O) groups excluding carboxylic acids is 6. The summed E-state index contributed by atoms with van der Waals surface area (Å²) in [5.74, 6) is -1.97. The number of hydrogen-bond donors (Lipinski definition) is 6. The van der Waals surface area contributed by atoms with E-state index in [0.29, 0.717) is 37.1 Å². The van der Waals surface area contributed by atoms with Gasteiger partial charge in [-0.3, -0.25) is 28.9 Å². The van der Waals surface area contributed by atoms with E-state index in [9.17, 15) is 28.8 Å². The molecule has 0 bridgehead atoms. The molecule has 1 aliphatic rings. The summed E-state index contributed by atoms with van der Waals surface area (Å²) in [5.41, 5.74) is 11.7. The summed E-state index contributed by atoms with van der Waals surface area (Å²) in [6, 6.07) is 4.81. The van der Waals surface area contributed by atoms with Crippen LogP contribution in [0.4, 0.5) is 10.5 Å². The topological polar surface area (TPSA) is 221 Å². The molecule has 2 rings (SSSR count). The molecule has 1 aliphatic heterocycles. The minimum absolute atomic E-state index is 0.00136. The third kappa shape index (κ3) is 13.3. The highest BCUT2D eigenvalue weighted by molar-refractivity contribution is 7.81. The minimum atomic E-state index is -0.909. The van der Waals surface area contributed by atoms with Gasteiger partial charge >= 0.3 is 6.09 Å². The van der Waals surface area contributed by atoms with Crippen LogP contribution in [0, 0.1) is 0 Å². The first-order valence-electron chi connectivity index (χ1n) is 14.3. The van der Waals surface area contributed by atoms with Crippen LogP contribution in [0.2, 0.25) is 0 Å². The van der Waals surface area contributed by atoms with Crippen LogP contribution in [0.3, 0.4) is 0 Å². The van der Waals surface area contributed by atoms with Crippen molar-refractivity contribution in [1.29, 1.82) is 0 Å². The lowest BCUT2D eigenvalue weighted by Crippen LogP contribution is -2.51. The molecule has 7 N–H and O–H groups in total. The van der Waals surface area contributed by atoms with Crippen LogP contribution in [0.15, 0.2) is 24.3 Å². The van der Waals surface area contributed by atoms with E-state index in [1.165, 1.54) is 6.92 Å². The highest BCUT2D eigenvalue weighted by Gasteiger charge is 2.35. The van der Waals surface area contributed by atoms with Crippen LogP contribution in [-0.4, -0.2) is 97.4 Å². The van der Waals surface area contributed by atoms with Crippen LogP contribution in [0.1, 0.15) is 44.6 Å². The Morgan fingerprint density at radius 1 is 1.00 bits per heavy atom. The van der Waals surface area contributed by atoms with Gasteiger partial charge in [0.1, 0.15) is 18.7 Å². The Morgan fingerprint density at radius 2 is 1.68 bits per heavy atom. The molecule has 0 spiro atoms. The fraction of sp³-hybridized carbons (Fsp3) is 0.571. The molecule has 0 saturated carbocycles. The van der Waals surface area contributed by atoms with Crippen molar-refractivity contribution in [2.45, 2.75) is 63.0 Å². The summed E-state index contributed by atoms with van der Waals surface area (Å²) in [6.07, 6.45) is 0.808. The highest BCUT2D eigenvalue weighted by atomic mass is 32.1. The average molecular weight is 639 g/mol. The molecule has 1 aromatic carbocycles. The maximum Gasteiger partial charge on any atom is 0.404 e. The number of unbranched alkanes of at least 4 members (excludes halogenated alkanes) is 1. The number of nitrogens with one attached hydrogen (secondary N) is 3. The highest BCUT2D eigenvalue weighted by Crippen LogP contribution is 2.17. The molecular formula is C28H42N6O9S. The van der Waals surface area contributed by atoms with Crippen LogP contribution < -0.4 is 27.4 Å². The SMILES string of the molecule is C[C@H](NC(=O)CCOCCOCCN1C(=O)CC(S)C1=O)C(=O)N[C@@H](CCCCN)C(=O)Nc1ccc(COC(N)=O)cc1. The van der Waals surface area contributed by atoms with E-state index in [1.807, 2.05) is 0 Å². The van der Waals surface area contributed by atoms with Crippen molar-refractivity contribution in [2.24, 2.45) is 11.5 Å². The number of thiol groups is 1. The van der Waals surface area contributed by atoms with Gasteiger partial charge in [0.2, 0.25) is 29.5 Å². The molecule has 44 heavy (non-hydrogen) atoms. The first-order valence-corrected chi connectivity index (χ1v) is 14.8. The van der Waals surface area contributed by atoms with Crippen molar-refractivity contribution in [3.05, 3.63) is 29.8 Å². The molecule has 15 nitrogen and oxygen atoms in total. The average Bonchev–Trinajstić information content (AvgIpc) is 3.23. The van der Waals surface area contributed by atoms with E-state index < -0.39 is 41.1 Å². The van der Waals surface area contributed by atoms with E-state index in [-0.39, 0.29) is 64.2 Å². The quantitative estimate of drug-likeness (QED) is 0.0628.